The van der Waals surface area contributed by atoms with Crippen LogP contribution in [0.4, 0.5) is 17.1 Å². The van der Waals surface area contributed by atoms with Crippen molar-refractivity contribution >= 4 is 28.9 Å². The molecule has 2 heterocycles. The summed E-state index contributed by atoms with van der Waals surface area (Å²) in [6, 6.07) is 6.52. The fourth-order valence-electron chi connectivity index (χ4n) is 1.95. The number of carbonyl (C=O) groups excluding carboxylic acids is 2. The minimum Gasteiger partial charge on any atom is -0.482 e. The maximum absolute atomic E-state index is 12.1. The minimum absolute atomic E-state index is 0.0417. The predicted molar refractivity (Wildman–Crippen MR) is 77.2 cm³/mol. The number of nitrogens with one attached hydrogen (secondary N) is 2. The smallest absolute Gasteiger partial charge is 0.262 e. The lowest BCUT2D eigenvalue weighted by Crippen LogP contribution is -2.25. The second kappa shape index (κ2) is 5.12. The number of nitrogens with zero attached hydrogens (tertiary/aromatic N) is 1. The molecule has 0 saturated heterocycles. The Hall–Kier alpha value is -3.09. The summed E-state index contributed by atoms with van der Waals surface area (Å²) in [4.78, 5) is 27.2. The monoisotopic (exact) mass is 284 g/mol. The number of hydrogen-bond donors (Lipinski definition) is 3. The second-order valence-electron chi connectivity index (χ2n) is 4.46. The lowest BCUT2D eigenvalue weighted by molar-refractivity contribution is -0.118. The number of pyridine rings is 1. The van der Waals surface area contributed by atoms with E-state index in [1.165, 1.54) is 12.4 Å². The number of ether oxygens (including phenoxy) is 1. The molecule has 0 fully saturated rings. The van der Waals surface area contributed by atoms with E-state index in [4.69, 9.17) is 10.5 Å². The molecule has 0 aliphatic carbocycles. The number of amides is 2. The molecule has 7 heteroatoms. The summed E-state index contributed by atoms with van der Waals surface area (Å²) in [5.41, 5.74) is 7.49. The van der Waals surface area contributed by atoms with E-state index in [2.05, 4.69) is 15.6 Å². The zero-order chi connectivity index (χ0) is 14.8. The van der Waals surface area contributed by atoms with E-state index in [1.54, 1.807) is 24.3 Å². The van der Waals surface area contributed by atoms with Crippen molar-refractivity contribution in [1.82, 2.24) is 4.98 Å². The summed E-state index contributed by atoms with van der Waals surface area (Å²) in [5.74, 6) is -0.0608. The third-order valence-corrected chi connectivity index (χ3v) is 2.97. The normalized spacial score (nSPS) is 12.9. The highest BCUT2D eigenvalue weighted by Gasteiger charge is 2.17. The van der Waals surface area contributed by atoms with Crippen molar-refractivity contribution in [1.29, 1.82) is 0 Å². The van der Waals surface area contributed by atoms with Gasteiger partial charge in [0.05, 0.1) is 11.3 Å². The number of hydrogen-bond acceptors (Lipinski definition) is 5. The van der Waals surface area contributed by atoms with Crippen molar-refractivity contribution in [2.45, 2.75) is 0 Å². The zero-order valence-corrected chi connectivity index (χ0v) is 10.9. The van der Waals surface area contributed by atoms with Crippen LogP contribution in [0.5, 0.6) is 5.75 Å². The van der Waals surface area contributed by atoms with Crippen LogP contribution in [0, 0.1) is 0 Å². The third kappa shape index (κ3) is 2.62. The number of anilines is 3. The van der Waals surface area contributed by atoms with Crippen molar-refractivity contribution < 1.29 is 14.3 Å². The average Bonchev–Trinajstić information content (AvgIpc) is 2.48. The maximum atomic E-state index is 12.1. The van der Waals surface area contributed by atoms with Gasteiger partial charge in [0.15, 0.2) is 6.61 Å². The Kier molecular flexibility index (Phi) is 3.15. The molecule has 4 N–H and O–H groups in total. The average molecular weight is 284 g/mol. The van der Waals surface area contributed by atoms with Crippen LogP contribution in [0.2, 0.25) is 0 Å². The Morgan fingerprint density at radius 3 is 3.05 bits per heavy atom. The van der Waals surface area contributed by atoms with Crippen LogP contribution in [0.1, 0.15) is 10.4 Å². The van der Waals surface area contributed by atoms with Crippen molar-refractivity contribution in [3.8, 4) is 5.75 Å². The number of carbonyl (C=O) groups is 2. The standard InChI is InChI=1S/C14H12N4O3/c15-10-3-4-16-6-9(10)14(20)17-8-1-2-11-12(5-8)21-7-13(19)18-11/h1-6H,7H2,(H2,15,16)(H,17,20)(H,18,19). The molecule has 0 saturated carbocycles. The van der Waals surface area contributed by atoms with Gasteiger partial charge in [-0.2, -0.15) is 0 Å². The molecule has 3 rings (SSSR count). The molecule has 0 radical (unpaired) electrons. The molecule has 1 aliphatic rings. The summed E-state index contributed by atoms with van der Waals surface area (Å²) in [5, 5.41) is 5.38. The lowest BCUT2D eigenvalue weighted by Gasteiger charge is -2.18. The quantitative estimate of drug-likeness (QED) is 0.769. The molecular weight excluding hydrogens is 272 g/mol. The molecule has 0 spiro atoms. The van der Waals surface area contributed by atoms with Crippen LogP contribution in [-0.2, 0) is 4.79 Å². The van der Waals surface area contributed by atoms with Gasteiger partial charge in [0.25, 0.3) is 11.8 Å². The van der Waals surface area contributed by atoms with Gasteiger partial charge in [-0.15, -0.1) is 0 Å². The van der Waals surface area contributed by atoms with Crippen LogP contribution in [-0.4, -0.2) is 23.4 Å². The lowest BCUT2D eigenvalue weighted by atomic mass is 10.2. The summed E-state index contributed by atoms with van der Waals surface area (Å²) >= 11 is 0. The number of aromatic nitrogens is 1. The SMILES string of the molecule is Nc1ccncc1C(=O)Nc1ccc2c(c1)OCC(=O)N2. The van der Waals surface area contributed by atoms with Gasteiger partial charge in [-0.05, 0) is 18.2 Å². The highest BCUT2D eigenvalue weighted by molar-refractivity contribution is 6.07. The zero-order valence-electron chi connectivity index (χ0n) is 10.9. The van der Waals surface area contributed by atoms with E-state index in [9.17, 15) is 9.59 Å². The Morgan fingerprint density at radius 2 is 2.24 bits per heavy atom. The summed E-state index contributed by atoms with van der Waals surface area (Å²) in [6.45, 7) is -0.0417. The molecule has 1 aromatic heterocycles. The molecule has 106 valence electrons. The van der Waals surface area contributed by atoms with Crippen molar-refractivity contribution in [3.63, 3.8) is 0 Å². The largest absolute Gasteiger partial charge is 0.482 e. The number of rotatable bonds is 2. The van der Waals surface area contributed by atoms with E-state index in [-0.39, 0.29) is 18.4 Å². The molecule has 21 heavy (non-hydrogen) atoms. The number of nitrogens with two attached hydrogens (primary N) is 1. The first-order valence-corrected chi connectivity index (χ1v) is 6.21. The van der Waals surface area contributed by atoms with Crippen LogP contribution < -0.4 is 21.1 Å². The molecule has 1 aliphatic heterocycles. The van der Waals surface area contributed by atoms with Crippen molar-refractivity contribution in [3.05, 3.63) is 42.2 Å². The fraction of sp³-hybridized carbons (Fsp3) is 0.0714. The van der Waals surface area contributed by atoms with Crippen molar-refractivity contribution in [2.24, 2.45) is 0 Å². The molecular formula is C14H12N4O3. The van der Waals surface area contributed by atoms with Crippen molar-refractivity contribution in [2.75, 3.05) is 23.0 Å². The van der Waals surface area contributed by atoms with E-state index < -0.39 is 0 Å². The number of benzene rings is 1. The first-order valence-electron chi connectivity index (χ1n) is 6.21. The molecule has 2 aromatic rings. The first kappa shape index (κ1) is 12.9. The van der Waals surface area contributed by atoms with Gasteiger partial charge in [-0.1, -0.05) is 0 Å². The molecule has 0 atom stereocenters. The summed E-state index contributed by atoms with van der Waals surface area (Å²) < 4.78 is 5.29. The van der Waals surface area contributed by atoms with Crippen LogP contribution in [0.15, 0.2) is 36.7 Å². The van der Waals surface area contributed by atoms with Crippen LogP contribution in [0.25, 0.3) is 0 Å². The van der Waals surface area contributed by atoms with Gasteiger partial charge < -0.3 is 21.1 Å². The molecule has 0 unspecified atom stereocenters. The predicted octanol–water partition coefficient (Wildman–Crippen LogP) is 1.25. The second-order valence-corrected chi connectivity index (χ2v) is 4.46. The Labute approximate surface area is 120 Å². The minimum atomic E-state index is -0.361. The Bertz CT molecular complexity index is 730. The number of nitrogen functional groups attached to an aromatic ring is 1. The van der Waals surface area contributed by atoms with E-state index in [0.29, 0.717) is 28.4 Å². The van der Waals surface area contributed by atoms with E-state index >= 15 is 0 Å². The van der Waals surface area contributed by atoms with Gasteiger partial charge in [-0.25, -0.2) is 0 Å². The van der Waals surface area contributed by atoms with E-state index in [1.807, 2.05) is 0 Å². The molecule has 7 nitrogen and oxygen atoms in total. The van der Waals surface area contributed by atoms with Crippen LogP contribution in [0.3, 0.4) is 0 Å². The fourth-order valence-corrected chi connectivity index (χ4v) is 1.95. The van der Waals surface area contributed by atoms with E-state index in [0.717, 1.165) is 0 Å². The molecule has 2 amide bonds. The summed E-state index contributed by atoms with van der Waals surface area (Å²) in [6.07, 6.45) is 2.92. The van der Waals surface area contributed by atoms with Gasteiger partial charge in [0.1, 0.15) is 5.75 Å². The Balaban J connectivity index is 1.81. The van der Waals surface area contributed by atoms with Gasteiger partial charge in [0, 0.05) is 29.8 Å². The Morgan fingerprint density at radius 1 is 1.38 bits per heavy atom. The van der Waals surface area contributed by atoms with Gasteiger partial charge in [-0.3, -0.25) is 14.6 Å². The number of fused-ring (bicyclic) bond motifs is 1. The highest BCUT2D eigenvalue weighted by atomic mass is 16.5. The van der Waals surface area contributed by atoms with Crippen LogP contribution >= 0.6 is 0 Å². The highest BCUT2D eigenvalue weighted by Crippen LogP contribution is 2.30. The topological polar surface area (TPSA) is 106 Å². The maximum Gasteiger partial charge on any atom is 0.262 e. The molecule has 1 aromatic carbocycles. The van der Waals surface area contributed by atoms with Gasteiger partial charge in [0.2, 0.25) is 0 Å². The third-order valence-electron chi connectivity index (χ3n) is 2.97. The molecule has 0 bridgehead atoms. The summed E-state index contributed by atoms with van der Waals surface area (Å²) in [7, 11) is 0. The first-order chi connectivity index (χ1) is 10.1. The van der Waals surface area contributed by atoms with Gasteiger partial charge >= 0.3 is 0 Å².